The molecule has 0 saturated carbocycles. The topological polar surface area (TPSA) is 72.0 Å². The molecular formula is C24H40N8OS. The summed E-state index contributed by atoms with van der Waals surface area (Å²) >= 11 is 5.55. The van der Waals surface area contributed by atoms with Crippen molar-refractivity contribution in [3.8, 4) is 0 Å². The van der Waals surface area contributed by atoms with E-state index in [-0.39, 0.29) is 0 Å². The number of thiocarbonyl (C=S) groups is 1. The molecule has 5 aliphatic rings. The van der Waals surface area contributed by atoms with Crippen molar-refractivity contribution >= 4 is 23.3 Å². The number of aromatic nitrogens is 2. The first kappa shape index (κ1) is 24.1. The summed E-state index contributed by atoms with van der Waals surface area (Å²) in [5.74, 6) is 2.51. The molecule has 9 nitrogen and oxygen atoms in total. The Labute approximate surface area is 209 Å². The SMILES string of the molecule is S=C(NCCN1CCOCC1)NC[C@H]1C[C@@H]2CCN1C[C@@H]2CN1CCN(c2ncccn2)CC1. The standard InChI is InChI=1S/C24H40N8OS/c34-24(27-5-7-29-12-14-33-15-13-29)28-17-22-16-20-2-6-32(22)19-21(20)18-30-8-10-31(11-9-30)23-25-3-1-4-26-23/h1,3-4,20-22H,2,5-19H2,(H2,27,28,34)/t20-,21-,22+/m0/s1. The zero-order chi connectivity index (χ0) is 23.2. The summed E-state index contributed by atoms with van der Waals surface area (Å²) in [6.45, 7) is 14.6. The van der Waals surface area contributed by atoms with Crippen LogP contribution in [-0.2, 0) is 4.74 Å². The fourth-order valence-corrected chi connectivity index (χ4v) is 6.20. The predicted octanol–water partition coefficient (Wildman–Crippen LogP) is 0.105. The van der Waals surface area contributed by atoms with Crippen LogP contribution in [0.3, 0.4) is 0 Å². The van der Waals surface area contributed by atoms with Crippen LogP contribution in [0.5, 0.6) is 0 Å². The van der Waals surface area contributed by atoms with Crippen molar-refractivity contribution in [2.45, 2.75) is 18.9 Å². The van der Waals surface area contributed by atoms with Gasteiger partial charge in [0, 0.05) is 90.4 Å². The summed E-state index contributed by atoms with van der Waals surface area (Å²) in [7, 11) is 0. The molecule has 4 atom stereocenters. The molecule has 34 heavy (non-hydrogen) atoms. The number of nitrogens with one attached hydrogen (secondary N) is 2. The molecule has 6 heterocycles. The number of ether oxygens (including phenoxy) is 1. The van der Waals surface area contributed by atoms with Crippen molar-refractivity contribution in [2.75, 3.05) is 96.7 Å². The summed E-state index contributed by atoms with van der Waals surface area (Å²) in [5, 5.41) is 7.69. The first-order valence-electron chi connectivity index (χ1n) is 13.0. The molecule has 2 N–H and O–H groups in total. The van der Waals surface area contributed by atoms with Crippen molar-refractivity contribution in [1.29, 1.82) is 0 Å². The summed E-state index contributed by atoms with van der Waals surface area (Å²) in [6, 6.07) is 2.49. The minimum Gasteiger partial charge on any atom is -0.379 e. The van der Waals surface area contributed by atoms with E-state index < -0.39 is 0 Å². The van der Waals surface area contributed by atoms with Crippen LogP contribution in [0, 0.1) is 11.8 Å². The van der Waals surface area contributed by atoms with E-state index in [2.05, 4.69) is 40.2 Å². The molecule has 0 amide bonds. The fraction of sp³-hybridized carbons (Fsp3) is 0.792. The number of nitrogens with zero attached hydrogens (tertiary/aromatic N) is 6. The molecule has 6 rings (SSSR count). The largest absolute Gasteiger partial charge is 0.379 e. The fourth-order valence-electron chi connectivity index (χ4n) is 6.01. The van der Waals surface area contributed by atoms with Gasteiger partial charge in [-0.15, -0.1) is 0 Å². The van der Waals surface area contributed by atoms with Crippen LogP contribution in [-0.4, -0.2) is 128 Å². The molecule has 1 unspecified atom stereocenters. The van der Waals surface area contributed by atoms with Gasteiger partial charge >= 0.3 is 0 Å². The molecule has 188 valence electrons. The van der Waals surface area contributed by atoms with Gasteiger partial charge in [0.05, 0.1) is 13.2 Å². The molecule has 1 aromatic heterocycles. The van der Waals surface area contributed by atoms with Crippen LogP contribution in [0.4, 0.5) is 5.95 Å². The molecule has 5 aliphatic heterocycles. The van der Waals surface area contributed by atoms with Gasteiger partial charge in [-0.1, -0.05) is 0 Å². The monoisotopic (exact) mass is 488 g/mol. The van der Waals surface area contributed by atoms with E-state index in [0.29, 0.717) is 6.04 Å². The number of piperidine rings is 3. The van der Waals surface area contributed by atoms with E-state index in [1.807, 2.05) is 18.5 Å². The van der Waals surface area contributed by atoms with Gasteiger partial charge in [-0.2, -0.15) is 0 Å². The normalized spacial score (nSPS) is 30.3. The van der Waals surface area contributed by atoms with Crippen LogP contribution in [0.2, 0.25) is 0 Å². The zero-order valence-corrected chi connectivity index (χ0v) is 21.1. The Balaban J connectivity index is 0.993. The predicted molar refractivity (Wildman–Crippen MR) is 138 cm³/mol. The van der Waals surface area contributed by atoms with Crippen molar-refractivity contribution in [2.24, 2.45) is 11.8 Å². The minimum atomic E-state index is 0.612. The van der Waals surface area contributed by atoms with Crippen LogP contribution in [0.1, 0.15) is 12.8 Å². The molecule has 5 saturated heterocycles. The Hall–Kier alpha value is -1.59. The van der Waals surface area contributed by atoms with E-state index in [4.69, 9.17) is 17.0 Å². The second-order valence-electron chi connectivity index (χ2n) is 10.1. The number of hydrogen-bond donors (Lipinski definition) is 2. The quantitative estimate of drug-likeness (QED) is 0.493. The molecular weight excluding hydrogens is 448 g/mol. The maximum atomic E-state index is 5.55. The van der Waals surface area contributed by atoms with Crippen LogP contribution in [0.25, 0.3) is 0 Å². The molecule has 0 spiro atoms. The van der Waals surface area contributed by atoms with Crippen molar-refractivity contribution in [3.05, 3.63) is 18.5 Å². The Kier molecular flexibility index (Phi) is 8.44. The Morgan fingerprint density at radius 3 is 2.53 bits per heavy atom. The lowest BCUT2D eigenvalue weighted by Crippen LogP contribution is -2.59. The lowest BCUT2D eigenvalue weighted by atomic mass is 9.75. The van der Waals surface area contributed by atoms with Crippen molar-refractivity contribution in [3.63, 3.8) is 0 Å². The van der Waals surface area contributed by atoms with E-state index in [1.54, 1.807) is 0 Å². The number of anilines is 1. The molecule has 2 bridgehead atoms. The highest BCUT2D eigenvalue weighted by Gasteiger charge is 2.40. The Morgan fingerprint density at radius 2 is 1.79 bits per heavy atom. The second kappa shape index (κ2) is 11.9. The van der Waals surface area contributed by atoms with Gasteiger partial charge in [0.2, 0.25) is 5.95 Å². The minimum absolute atomic E-state index is 0.612. The van der Waals surface area contributed by atoms with Crippen molar-refractivity contribution in [1.82, 2.24) is 35.3 Å². The van der Waals surface area contributed by atoms with Gasteiger partial charge in [0.15, 0.2) is 5.11 Å². The van der Waals surface area contributed by atoms with E-state index in [9.17, 15) is 0 Å². The van der Waals surface area contributed by atoms with Crippen molar-refractivity contribution < 1.29 is 4.74 Å². The van der Waals surface area contributed by atoms with Gasteiger partial charge in [-0.25, -0.2) is 9.97 Å². The Morgan fingerprint density at radius 1 is 1.00 bits per heavy atom. The van der Waals surface area contributed by atoms with Gasteiger partial charge in [0.25, 0.3) is 0 Å². The van der Waals surface area contributed by atoms with Gasteiger partial charge in [-0.05, 0) is 49.5 Å². The molecule has 10 heteroatoms. The lowest BCUT2D eigenvalue weighted by Gasteiger charge is -2.51. The number of hydrogen-bond acceptors (Lipinski definition) is 8. The van der Waals surface area contributed by atoms with Crippen LogP contribution >= 0.6 is 12.2 Å². The average molecular weight is 489 g/mol. The Bertz CT molecular complexity index is 771. The summed E-state index contributed by atoms with van der Waals surface area (Å²) in [4.78, 5) is 18.9. The molecule has 0 aromatic carbocycles. The first-order valence-corrected chi connectivity index (χ1v) is 13.5. The number of fused-ring (bicyclic) bond motifs is 3. The maximum absolute atomic E-state index is 5.55. The first-order chi connectivity index (χ1) is 16.7. The molecule has 0 radical (unpaired) electrons. The second-order valence-corrected chi connectivity index (χ2v) is 10.5. The number of rotatable bonds is 8. The van der Waals surface area contributed by atoms with Gasteiger partial charge in [0.1, 0.15) is 0 Å². The van der Waals surface area contributed by atoms with Gasteiger partial charge in [-0.3, -0.25) is 14.7 Å². The highest BCUT2D eigenvalue weighted by molar-refractivity contribution is 7.80. The summed E-state index contributed by atoms with van der Waals surface area (Å²) in [5.41, 5.74) is 0. The number of piperazine rings is 1. The highest BCUT2D eigenvalue weighted by Crippen LogP contribution is 2.36. The van der Waals surface area contributed by atoms with E-state index in [0.717, 1.165) is 95.0 Å². The lowest BCUT2D eigenvalue weighted by molar-refractivity contribution is -0.0110. The highest BCUT2D eigenvalue weighted by atomic mass is 32.1. The zero-order valence-electron chi connectivity index (χ0n) is 20.3. The molecule has 5 fully saturated rings. The van der Waals surface area contributed by atoms with Crippen LogP contribution < -0.4 is 15.5 Å². The molecule has 0 aliphatic carbocycles. The third kappa shape index (κ3) is 6.34. The average Bonchev–Trinajstić information content (AvgIpc) is 2.90. The smallest absolute Gasteiger partial charge is 0.225 e. The van der Waals surface area contributed by atoms with Crippen LogP contribution in [0.15, 0.2) is 18.5 Å². The molecule has 1 aromatic rings. The third-order valence-corrected chi connectivity index (χ3v) is 8.32. The summed E-state index contributed by atoms with van der Waals surface area (Å²) < 4.78 is 5.41. The summed E-state index contributed by atoms with van der Waals surface area (Å²) in [6.07, 6.45) is 6.32. The third-order valence-electron chi connectivity index (χ3n) is 8.03. The maximum Gasteiger partial charge on any atom is 0.225 e. The number of morpholine rings is 1. The van der Waals surface area contributed by atoms with E-state index in [1.165, 1.54) is 32.5 Å². The van der Waals surface area contributed by atoms with Gasteiger partial charge < -0.3 is 20.3 Å². The van der Waals surface area contributed by atoms with E-state index >= 15 is 0 Å².